The first-order valence-electron chi connectivity index (χ1n) is 22.2. The number of ether oxygens (including phenoxy) is 2. The lowest BCUT2D eigenvalue weighted by molar-refractivity contribution is -0.384. The van der Waals surface area contributed by atoms with Crippen LogP contribution in [0.5, 0.6) is 11.5 Å². The van der Waals surface area contributed by atoms with E-state index in [1.165, 1.54) is 28.8 Å². The van der Waals surface area contributed by atoms with Gasteiger partial charge in [-0.15, -0.1) is 0 Å². The lowest BCUT2D eigenvalue weighted by atomic mass is 9.71. The Labute approximate surface area is 381 Å². The van der Waals surface area contributed by atoms with E-state index in [0.717, 1.165) is 106 Å². The van der Waals surface area contributed by atoms with E-state index >= 15 is 0 Å². The molecule has 15 heteroatoms. The molecule has 338 valence electrons. The van der Waals surface area contributed by atoms with Gasteiger partial charge >= 0.3 is 0 Å². The van der Waals surface area contributed by atoms with Crippen LogP contribution in [0.1, 0.15) is 73.5 Å². The number of hydrogen-bond donors (Lipinski definition) is 2. The number of nitro groups is 1. The lowest BCUT2D eigenvalue weighted by Crippen LogP contribution is -2.50. The second-order valence-corrected chi connectivity index (χ2v) is 20.0. The molecule has 2 aliphatic carbocycles. The lowest BCUT2D eigenvalue weighted by Gasteiger charge is -2.43. The van der Waals surface area contributed by atoms with Crippen LogP contribution in [-0.2, 0) is 21.2 Å². The summed E-state index contributed by atoms with van der Waals surface area (Å²) in [5.41, 5.74) is 6.97. The molecule has 4 aromatic rings. The molecule has 4 aliphatic rings. The number of morpholine rings is 1. The highest BCUT2D eigenvalue weighted by Gasteiger charge is 2.33. The molecule has 8 rings (SSSR count). The van der Waals surface area contributed by atoms with Crippen molar-refractivity contribution >= 4 is 56.2 Å². The quantitative estimate of drug-likeness (QED) is 0.0670. The van der Waals surface area contributed by atoms with E-state index in [-0.39, 0.29) is 28.5 Å². The summed E-state index contributed by atoms with van der Waals surface area (Å²) in [6, 6.07) is 23.0. The van der Waals surface area contributed by atoms with Crippen LogP contribution in [0.2, 0.25) is 5.02 Å². The summed E-state index contributed by atoms with van der Waals surface area (Å²) in [4.78, 5) is 32.2. The summed E-state index contributed by atoms with van der Waals surface area (Å²) in [5.74, 6) is -0.181. The van der Waals surface area contributed by atoms with E-state index in [4.69, 9.17) is 21.1 Å². The first-order valence-corrected chi connectivity index (χ1v) is 24.1. The number of nitro benzene ring substituents is 1. The Morgan fingerprint density at radius 3 is 2.48 bits per heavy atom. The molecule has 0 aromatic heterocycles. The van der Waals surface area contributed by atoms with Crippen molar-refractivity contribution < 1.29 is 27.6 Å². The van der Waals surface area contributed by atoms with Crippen molar-refractivity contribution in [2.45, 2.75) is 63.8 Å². The van der Waals surface area contributed by atoms with Crippen molar-refractivity contribution in [3.8, 4) is 11.5 Å². The van der Waals surface area contributed by atoms with E-state index in [1.807, 2.05) is 48.6 Å². The van der Waals surface area contributed by atoms with Gasteiger partial charge in [0.2, 0.25) is 0 Å². The summed E-state index contributed by atoms with van der Waals surface area (Å²) in [7, 11) is -4.55. The van der Waals surface area contributed by atoms with Gasteiger partial charge in [0.15, 0.2) is 0 Å². The van der Waals surface area contributed by atoms with Crippen LogP contribution in [0.25, 0.3) is 11.6 Å². The predicted octanol–water partition coefficient (Wildman–Crippen LogP) is 9.04. The van der Waals surface area contributed by atoms with Gasteiger partial charge in [0.1, 0.15) is 17.2 Å². The average Bonchev–Trinajstić information content (AvgIpc) is 3.78. The van der Waals surface area contributed by atoms with Gasteiger partial charge in [0.25, 0.3) is 21.6 Å². The number of fused-ring (bicyclic) bond motifs is 1. The third kappa shape index (κ3) is 10.5. The maximum atomic E-state index is 14.0. The maximum Gasteiger partial charge on any atom is 0.293 e. The minimum absolute atomic E-state index is 0.00843. The third-order valence-corrected chi connectivity index (χ3v) is 14.6. The second kappa shape index (κ2) is 19.5. The van der Waals surface area contributed by atoms with Gasteiger partial charge in [-0.25, -0.2) is 13.1 Å². The summed E-state index contributed by atoms with van der Waals surface area (Å²) in [5, 5.41) is 15.9. The van der Waals surface area contributed by atoms with Gasteiger partial charge < -0.3 is 19.7 Å². The largest absolute Gasteiger partial charge is 0.456 e. The second-order valence-electron chi connectivity index (χ2n) is 17.9. The van der Waals surface area contributed by atoms with Crippen molar-refractivity contribution in [3.63, 3.8) is 0 Å². The zero-order chi connectivity index (χ0) is 45.0. The molecule has 4 aromatic carbocycles. The molecule has 0 radical (unpaired) electrons. The Morgan fingerprint density at radius 1 is 0.969 bits per heavy atom. The molecular formula is C49H57ClN6O7S. The van der Waals surface area contributed by atoms with Gasteiger partial charge in [-0.2, -0.15) is 0 Å². The van der Waals surface area contributed by atoms with Gasteiger partial charge in [-0.1, -0.05) is 61.9 Å². The molecule has 2 N–H and O–H groups in total. The molecule has 0 bridgehead atoms. The topological polar surface area (TPSA) is 147 Å². The van der Waals surface area contributed by atoms with Gasteiger partial charge in [0, 0.05) is 80.3 Å². The van der Waals surface area contributed by atoms with E-state index in [9.17, 15) is 23.3 Å². The number of rotatable bonds is 15. The summed E-state index contributed by atoms with van der Waals surface area (Å²) in [6.07, 6.45) is 8.70. The summed E-state index contributed by atoms with van der Waals surface area (Å²) < 4.78 is 41.6. The molecule has 1 atom stereocenters. The maximum absolute atomic E-state index is 14.0. The highest BCUT2D eigenvalue weighted by molar-refractivity contribution is 7.90. The van der Waals surface area contributed by atoms with Crippen LogP contribution in [0.3, 0.4) is 0 Å². The van der Waals surface area contributed by atoms with E-state index in [1.54, 1.807) is 12.1 Å². The van der Waals surface area contributed by atoms with Crippen molar-refractivity contribution in [1.82, 2.24) is 14.5 Å². The van der Waals surface area contributed by atoms with Crippen LogP contribution in [-0.4, -0.2) is 101 Å². The van der Waals surface area contributed by atoms with Gasteiger partial charge in [0.05, 0.1) is 28.6 Å². The smallest absolute Gasteiger partial charge is 0.293 e. The molecule has 2 aliphatic heterocycles. The highest BCUT2D eigenvalue weighted by Crippen LogP contribution is 2.45. The fourth-order valence-corrected chi connectivity index (χ4v) is 10.4. The third-order valence-electron chi connectivity index (χ3n) is 13.0. The molecular weight excluding hydrogens is 852 g/mol. The van der Waals surface area contributed by atoms with E-state index in [0.29, 0.717) is 25.5 Å². The minimum atomic E-state index is -4.55. The Morgan fingerprint density at radius 2 is 1.73 bits per heavy atom. The monoisotopic (exact) mass is 908 g/mol. The number of sulfonamides is 1. The van der Waals surface area contributed by atoms with Crippen molar-refractivity contribution in [2.75, 3.05) is 75.8 Å². The normalized spacial score (nSPS) is 18.4. The predicted molar refractivity (Wildman–Crippen MR) is 253 cm³/mol. The summed E-state index contributed by atoms with van der Waals surface area (Å²) >= 11 is 6.28. The number of piperazine rings is 1. The Kier molecular flexibility index (Phi) is 13.8. The zero-order valence-corrected chi connectivity index (χ0v) is 38.3. The molecule has 64 heavy (non-hydrogen) atoms. The number of benzene rings is 4. The molecule has 1 unspecified atom stereocenters. The standard InChI is InChI=1S/C49H57ClN6O7S/c1-34(40-19-20-49(2,3)33-43(40)36-11-13-37(50)14-12-36)54-23-25-55(26-24-54)38-15-17-42(47(31-38)63-46-10-5-8-35-7-4-9-41(35)46)48(57)52-64(60,61)39-16-18-44(45(32-39)56(58)59)51-21-6-22-53-27-29-62-30-28-53/h4-5,8-18,31-32,34,51H,6-7,19-30,33H2,1-3H3,(H,52,57). The van der Waals surface area contributed by atoms with Crippen LogP contribution in [0.4, 0.5) is 17.1 Å². The van der Waals surface area contributed by atoms with Crippen molar-refractivity contribution in [1.29, 1.82) is 0 Å². The van der Waals surface area contributed by atoms with Crippen LogP contribution < -0.4 is 19.7 Å². The first-order chi connectivity index (χ1) is 30.7. The molecule has 2 heterocycles. The number of amides is 1. The Hall–Kier alpha value is -5.25. The van der Waals surface area contributed by atoms with Gasteiger partial charge in [-0.3, -0.25) is 24.7 Å². The van der Waals surface area contributed by atoms with E-state index < -0.39 is 31.4 Å². The number of nitrogens with one attached hydrogen (secondary N) is 2. The Bertz CT molecular complexity index is 2550. The van der Waals surface area contributed by atoms with Crippen LogP contribution in [0.15, 0.2) is 95.4 Å². The number of carbonyl (C=O) groups excluding carboxylic acids is 1. The number of anilines is 2. The Balaban J connectivity index is 0.995. The van der Waals surface area contributed by atoms with E-state index in [2.05, 4.69) is 57.6 Å². The van der Waals surface area contributed by atoms with Crippen molar-refractivity contribution in [3.05, 3.63) is 128 Å². The SMILES string of the molecule is CC(C1=C(c2ccc(Cl)cc2)CC(C)(C)CC1)N1CCN(c2ccc(C(=O)NS(=O)(=O)c3ccc(NCCCN4CCOCC4)c([N+](=O)[O-])c3)c(Oc3cccc4c3C=CC4)c2)CC1. The fourth-order valence-electron chi connectivity index (χ4n) is 9.30. The number of carbonyl (C=O) groups is 1. The molecule has 2 fully saturated rings. The zero-order valence-electron chi connectivity index (χ0n) is 36.8. The minimum Gasteiger partial charge on any atom is -0.456 e. The van der Waals surface area contributed by atoms with Crippen molar-refractivity contribution in [2.24, 2.45) is 5.41 Å². The molecule has 0 spiro atoms. The number of allylic oxidation sites excluding steroid dienone is 2. The molecule has 0 saturated carbocycles. The fraction of sp³-hybridized carbons (Fsp3) is 0.408. The molecule has 2 saturated heterocycles. The van der Waals surface area contributed by atoms with Gasteiger partial charge in [-0.05, 0) is 116 Å². The highest BCUT2D eigenvalue weighted by atomic mass is 35.5. The summed E-state index contributed by atoms with van der Waals surface area (Å²) in [6.45, 7) is 14.4. The number of nitrogens with zero attached hydrogens (tertiary/aromatic N) is 4. The number of hydrogen-bond acceptors (Lipinski definition) is 11. The number of halogens is 1. The van der Waals surface area contributed by atoms with Crippen LogP contribution >= 0.6 is 11.6 Å². The molecule has 1 amide bonds. The average molecular weight is 910 g/mol. The first kappa shape index (κ1) is 45.3. The molecule has 13 nitrogen and oxygen atoms in total. The van der Waals surface area contributed by atoms with Crippen LogP contribution in [0, 0.1) is 15.5 Å².